The van der Waals surface area contributed by atoms with E-state index in [4.69, 9.17) is 0 Å². The number of nitrogens with one attached hydrogen (secondary N) is 1. The summed E-state index contributed by atoms with van der Waals surface area (Å²) in [7, 11) is 0. The minimum atomic E-state index is -0.547. The van der Waals surface area contributed by atoms with Crippen LogP contribution in [0.5, 0.6) is 0 Å². The van der Waals surface area contributed by atoms with E-state index in [1.165, 1.54) is 10.7 Å². The fourth-order valence-corrected chi connectivity index (χ4v) is 2.82. The Balaban J connectivity index is 1.85. The average Bonchev–Trinajstić information content (AvgIpc) is 3.00. The van der Waals surface area contributed by atoms with E-state index in [0.29, 0.717) is 11.5 Å². The Morgan fingerprint density at radius 1 is 1.04 bits per heavy atom. The molecule has 0 atom stereocenters. The number of anilines is 1. The van der Waals surface area contributed by atoms with E-state index in [-0.39, 0.29) is 5.56 Å². The molecule has 4 aromatic rings. The fraction of sp³-hybridized carbons (Fsp3) is 0.0526. The molecular formula is C19H15N5O2. The molecule has 0 bridgehead atoms. The topological polar surface area (TPSA) is 81.3 Å². The summed E-state index contributed by atoms with van der Waals surface area (Å²) >= 11 is 0. The van der Waals surface area contributed by atoms with Gasteiger partial charge in [0.25, 0.3) is 11.5 Å². The lowest BCUT2D eigenvalue weighted by atomic mass is 10.3. The molecule has 4 rings (SSSR count). The molecule has 3 heterocycles. The Labute approximate surface area is 148 Å². The molecule has 1 amide bonds. The van der Waals surface area contributed by atoms with Gasteiger partial charge in [-0.2, -0.15) is 4.52 Å². The molecule has 3 aromatic heterocycles. The maximum absolute atomic E-state index is 13.0. The lowest BCUT2D eigenvalue weighted by Crippen LogP contribution is -2.29. The SMILES string of the molecule is Cc1cc2ncc(C(=O)Nc3ccccn3)c(=O)n2n1-c1ccccc1. The van der Waals surface area contributed by atoms with Gasteiger partial charge in [0.1, 0.15) is 11.4 Å². The Bertz CT molecular complexity index is 1150. The van der Waals surface area contributed by atoms with Crippen LogP contribution in [0.1, 0.15) is 16.1 Å². The normalized spacial score (nSPS) is 10.8. The van der Waals surface area contributed by atoms with Crippen LogP contribution in [0.3, 0.4) is 0 Å². The number of hydrogen-bond donors (Lipinski definition) is 1. The molecule has 0 aliphatic rings. The molecule has 0 saturated carbocycles. The zero-order valence-electron chi connectivity index (χ0n) is 14.0. The number of pyridine rings is 1. The van der Waals surface area contributed by atoms with Crippen LogP contribution in [0, 0.1) is 6.92 Å². The van der Waals surface area contributed by atoms with Gasteiger partial charge in [0.05, 0.1) is 5.69 Å². The third kappa shape index (κ3) is 2.65. The smallest absolute Gasteiger partial charge is 0.286 e. The van der Waals surface area contributed by atoms with Crippen molar-refractivity contribution in [1.82, 2.24) is 19.2 Å². The second-order valence-corrected chi connectivity index (χ2v) is 5.75. The van der Waals surface area contributed by atoms with Crippen molar-refractivity contribution in [3.63, 3.8) is 0 Å². The largest absolute Gasteiger partial charge is 0.306 e. The van der Waals surface area contributed by atoms with Crippen LogP contribution in [0.2, 0.25) is 0 Å². The first-order valence-electron chi connectivity index (χ1n) is 8.03. The summed E-state index contributed by atoms with van der Waals surface area (Å²) in [5.41, 5.74) is 1.63. The quantitative estimate of drug-likeness (QED) is 0.618. The van der Waals surface area contributed by atoms with Crippen LogP contribution in [-0.2, 0) is 0 Å². The van der Waals surface area contributed by atoms with Gasteiger partial charge in [-0.05, 0) is 31.2 Å². The highest BCUT2D eigenvalue weighted by molar-refractivity contribution is 6.03. The highest BCUT2D eigenvalue weighted by atomic mass is 16.2. The van der Waals surface area contributed by atoms with Gasteiger partial charge in [0, 0.05) is 24.2 Å². The van der Waals surface area contributed by atoms with Gasteiger partial charge in [-0.1, -0.05) is 24.3 Å². The molecule has 1 N–H and O–H groups in total. The molecule has 0 saturated heterocycles. The van der Waals surface area contributed by atoms with Crippen molar-refractivity contribution < 1.29 is 4.79 Å². The third-order valence-electron chi connectivity index (χ3n) is 3.99. The van der Waals surface area contributed by atoms with Crippen molar-refractivity contribution in [2.24, 2.45) is 0 Å². The Kier molecular flexibility index (Phi) is 3.81. The summed E-state index contributed by atoms with van der Waals surface area (Å²) in [5.74, 6) is -0.175. The minimum absolute atomic E-state index is 0.0524. The number of benzene rings is 1. The molecule has 0 radical (unpaired) electrons. The lowest BCUT2D eigenvalue weighted by Gasteiger charge is -2.09. The Morgan fingerprint density at radius 2 is 1.81 bits per heavy atom. The monoisotopic (exact) mass is 345 g/mol. The predicted octanol–water partition coefficient (Wildman–Crippen LogP) is 2.44. The van der Waals surface area contributed by atoms with Crippen LogP contribution >= 0.6 is 0 Å². The summed E-state index contributed by atoms with van der Waals surface area (Å²) in [4.78, 5) is 33.8. The molecule has 1 aromatic carbocycles. The van der Waals surface area contributed by atoms with Gasteiger partial charge >= 0.3 is 0 Å². The highest BCUT2D eigenvalue weighted by Crippen LogP contribution is 2.14. The first-order valence-corrected chi connectivity index (χ1v) is 8.03. The number of carbonyl (C=O) groups is 1. The van der Waals surface area contributed by atoms with Gasteiger partial charge in [0.2, 0.25) is 0 Å². The molecule has 7 heteroatoms. The molecule has 0 aliphatic heterocycles. The maximum atomic E-state index is 13.0. The standard InChI is InChI=1S/C19H15N5O2/c1-13-11-17-21-12-15(18(25)22-16-9-5-6-10-20-16)19(26)24(17)23(13)14-7-3-2-4-8-14/h2-12H,1H3,(H,20,22,25). The number of fused-ring (bicyclic) bond motifs is 1. The van der Waals surface area contributed by atoms with Gasteiger partial charge in [0.15, 0.2) is 5.65 Å². The van der Waals surface area contributed by atoms with E-state index in [2.05, 4.69) is 15.3 Å². The Morgan fingerprint density at radius 3 is 2.54 bits per heavy atom. The molecule has 0 spiro atoms. The number of carbonyl (C=O) groups excluding carboxylic acids is 1. The zero-order chi connectivity index (χ0) is 18.1. The third-order valence-corrected chi connectivity index (χ3v) is 3.99. The number of nitrogens with zero attached hydrogens (tertiary/aromatic N) is 4. The number of para-hydroxylation sites is 1. The molecule has 0 aliphatic carbocycles. The fourth-order valence-electron chi connectivity index (χ4n) is 2.82. The second-order valence-electron chi connectivity index (χ2n) is 5.75. The van der Waals surface area contributed by atoms with Crippen molar-refractivity contribution in [3.8, 4) is 5.69 Å². The predicted molar refractivity (Wildman–Crippen MR) is 97.7 cm³/mol. The van der Waals surface area contributed by atoms with Crippen molar-refractivity contribution in [1.29, 1.82) is 0 Å². The molecule has 7 nitrogen and oxygen atoms in total. The van der Waals surface area contributed by atoms with E-state index >= 15 is 0 Å². The average molecular weight is 345 g/mol. The van der Waals surface area contributed by atoms with E-state index in [9.17, 15) is 9.59 Å². The van der Waals surface area contributed by atoms with Crippen molar-refractivity contribution in [2.75, 3.05) is 5.32 Å². The summed E-state index contributed by atoms with van der Waals surface area (Å²) < 4.78 is 3.14. The van der Waals surface area contributed by atoms with Gasteiger partial charge in [-0.25, -0.2) is 14.6 Å². The van der Waals surface area contributed by atoms with Crippen molar-refractivity contribution >= 4 is 17.4 Å². The number of aryl methyl sites for hydroxylation is 1. The first-order chi connectivity index (χ1) is 12.6. The van der Waals surface area contributed by atoms with E-state index in [0.717, 1.165) is 11.4 Å². The van der Waals surface area contributed by atoms with Gasteiger partial charge in [-0.3, -0.25) is 9.59 Å². The summed E-state index contributed by atoms with van der Waals surface area (Å²) in [6.07, 6.45) is 2.86. The van der Waals surface area contributed by atoms with Crippen LogP contribution < -0.4 is 10.9 Å². The first kappa shape index (κ1) is 15.8. The highest BCUT2D eigenvalue weighted by Gasteiger charge is 2.17. The summed E-state index contributed by atoms with van der Waals surface area (Å²) in [5, 5.41) is 2.62. The zero-order valence-corrected chi connectivity index (χ0v) is 14.0. The Hall–Kier alpha value is -3.74. The van der Waals surface area contributed by atoms with E-state index in [1.54, 1.807) is 35.1 Å². The number of hydrogen-bond acceptors (Lipinski definition) is 4. The maximum Gasteiger partial charge on any atom is 0.286 e. The van der Waals surface area contributed by atoms with Crippen molar-refractivity contribution in [3.05, 3.63) is 88.6 Å². The summed E-state index contributed by atoms with van der Waals surface area (Å²) in [6.45, 7) is 1.88. The molecule has 26 heavy (non-hydrogen) atoms. The number of aromatic nitrogens is 4. The van der Waals surface area contributed by atoms with Crippen LogP contribution in [0.4, 0.5) is 5.82 Å². The summed E-state index contributed by atoms with van der Waals surface area (Å²) in [6, 6.07) is 16.4. The van der Waals surface area contributed by atoms with Gasteiger partial charge in [-0.15, -0.1) is 0 Å². The second kappa shape index (κ2) is 6.29. The van der Waals surface area contributed by atoms with Crippen LogP contribution in [0.15, 0.2) is 71.8 Å². The molecular weight excluding hydrogens is 330 g/mol. The molecule has 0 fully saturated rings. The molecule has 128 valence electrons. The van der Waals surface area contributed by atoms with Crippen LogP contribution in [0.25, 0.3) is 11.3 Å². The minimum Gasteiger partial charge on any atom is -0.306 e. The number of amides is 1. The number of rotatable bonds is 3. The van der Waals surface area contributed by atoms with Crippen LogP contribution in [-0.4, -0.2) is 25.1 Å². The van der Waals surface area contributed by atoms with E-state index in [1.807, 2.05) is 37.3 Å². The molecule has 0 unspecified atom stereocenters. The van der Waals surface area contributed by atoms with E-state index < -0.39 is 11.5 Å². The van der Waals surface area contributed by atoms with Gasteiger partial charge < -0.3 is 5.32 Å². The lowest BCUT2D eigenvalue weighted by molar-refractivity contribution is 0.102. The van der Waals surface area contributed by atoms with Crippen molar-refractivity contribution in [2.45, 2.75) is 6.92 Å².